The molecule has 4 heteroatoms. The van der Waals surface area contributed by atoms with Gasteiger partial charge in [-0.15, -0.1) is 0 Å². The first kappa shape index (κ1) is 12.0. The van der Waals surface area contributed by atoms with Gasteiger partial charge in [0.1, 0.15) is 0 Å². The van der Waals surface area contributed by atoms with E-state index in [-0.39, 0.29) is 6.04 Å². The van der Waals surface area contributed by atoms with E-state index in [1.54, 1.807) is 0 Å². The quantitative estimate of drug-likeness (QED) is 0.913. The van der Waals surface area contributed by atoms with Gasteiger partial charge in [-0.3, -0.25) is 4.98 Å². The molecule has 1 aromatic carbocycles. The Labute approximate surface area is 112 Å². The summed E-state index contributed by atoms with van der Waals surface area (Å²) in [6.45, 7) is 3.19. The molecule has 0 amide bonds. The second-order valence-electron chi connectivity index (χ2n) is 4.53. The monoisotopic (exact) mass is 256 g/mol. The van der Waals surface area contributed by atoms with E-state index in [1.807, 2.05) is 36.7 Å². The van der Waals surface area contributed by atoms with Crippen molar-refractivity contribution in [2.24, 2.45) is 0 Å². The summed E-state index contributed by atoms with van der Waals surface area (Å²) in [5.41, 5.74) is 2.34. The van der Waals surface area contributed by atoms with E-state index in [0.29, 0.717) is 6.79 Å². The summed E-state index contributed by atoms with van der Waals surface area (Å²) >= 11 is 0. The van der Waals surface area contributed by atoms with E-state index in [4.69, 9.17) is 9.47 Å². The summed E-state index contributed by atoms with van der Waals surface area (Å²) < 4.78 is 10.9. The number of nitrogens with zero attached hydrogens (tertiary/aromatic N) is 1. The van der Waals surface area contributed by atoms with Gasteiger partial charge in [-0.25, -0.2) is 0 Å². The lowest BCUT2D eigenvalue weighted by Crippen LogP contribution is -2.18. The molecule has 19 heavy (non-hydrogen) atoms. The molecule has 0 spiro atoms. The van der Waals surface area contributed by atoms with E-state index in [2.05, 4.69) is 23.3 Å². The van der Waals surface area contributed by atoms with Crippen LogP contribution in [0.2, 0.25) is 0 Å². The topological polar surface area (TPSA) is 43.4 Å². The average molecular weight is 256 g/mol. The summed E-state index contributed by atoms with van der Waals surface area (Å²) in [7, 11) is 0. The van der Waals surface area contributed by atoms with Crippen molar-refractivity contribution in [2.45, 2.75) is 19.5 Å². The smallest absolute Gasteiger partial charge is 0.231 e. The molecule has 1 N–H and O–H groups in total. The standard InChI is InChI=1S/C15H16N2O2/c1-11(12-5-7-16-8-6-12)17-9-13-3-2-4-14-15(13)19-10-18-14/h2-8,11,17H,9-10H2,1H3/t11-/m1/s1. The fraction of sp³-hybridized carbons (Fsp3) is 0.267. The average Bonchev–Trinajstić information content (AvgIpc) is 2.94. The van der Waals surface area contributed by atoms with Gasteiger partial charge in [-0.05, 0) is 30.7 Å². The summed E-state index contributed by atoms with van der Waals surface area (Å²) in [5, 5.41) is 3.48. The fourth-order valence-electron chi connectivity index (χ4n) is 2.16. The van der Waals surface area contributed by atoms with Gasteiger partial charge in [-0.2, -0.15) is 0 Å². The van der Waals surface area contributed by atoms with Gasteiger partial charge in [0.15, 0.2) is 11.5 Å². The van der Waals surface area contributed by atoms with Crippen LogP contribution in [0.3, 0.4) is 0 Å². The molecule has 0 saturated heterocycles. The zero-order chi connectivity index (χ0) is 13.1. The van der Waals surface area contributed by atoms with Crippen LogP contribution in [-0.2, 0) is 6.54 Å². The Hall–Kier alpha value is -2.07. The van der Waals surface area contributed by atoms with Crippen molar-refractivity contribution in [3.8, 4) is 11.5 Å². The minimum atomic E-state index is 0.265. The molecule has 1 aromatic heterocycles. The number of rotatable bonds is 4. The van der Waals surface area contributed by atoms with Crippen LogP contribution in [0, 0.1) is 0 Å². The minimum absolute atomic E-state index is 0.265. The van der Waals surface area contributed by atoms with Crippen molar-refractivity contribution in [2.75, 3.05) is 6.79 Å². The van der Waals surface area contributed by atoms with Crippen LogP contribution in [0.25, 0.3) is 0 Å². The molecule has 2 heterocycles. The second-order valence-corrected chi connectivity index (χ2v) is 4.53. The van der Waals surface area contributed by atoms with Gasteiger partial charge >= 0.3 is 0 Å². The van der Waals surface area contributed by atoms with Crippen molar-refractivity contribution in [1.82, 2.24) is 10.3 Å². The highest BCUT2D eigenvalue weighted by Crippen LogP contribution is 2.35. The van der Waals surface area contributed by atoms with Gasteiger partial charge in [0.25, 0.3) is 0 Å². The van der Waals surface area contributed by atoms with Gasteiger partial charge in [0.05, 0.1) is 0 Å². The maximum atomic E-state index is 5.50. The molecule has 0 fully saturated rings. The summed E-state index contributed by atoms with van der Waals surface area (Å²) in [6, 6.07) is 10.3. The molecular weight excluding hydrogens is 240 g/mol. The van der Waals surface area contributed by atoms with Crippen LogP contribution in [0.5, 0.6) is 11.5 Å². The summed E-state index contributed by atoms with van der Waals surface area (Å²) in [5.74, 6) is 1.69. The number of nitrogens with one attached hydrogen (secondary N) is 1. The van der Waals surface area contributed by atoms with Gasteiger partial charge in [-0.1, -0.05) is 12.1 Å². The van der Waals surface area contributed by atoms with Crippen molar-refractivity contribution in [3.63, 3.8) is 0 Å². The highest BCUT2D eigenvalue weighted by molar-refractivity contribution is 5.48. The van der Waals surface area contributed by atoms with Crippen molar-refractivity contribution >= 4 is 0 Å². The molecule has 0 unspecified atom stereocenters. The zero-order valence-corrected chi connectivity index (χ0v) is 10.8. The third-order valence-electron chi connectivity index (χ3n) is 3.28. The lowest BCUT2D eigenvalue weighted by Gasteiger charge is -2.14. The third kappa shape index (κ3) is 2.53. The third-order valence-corrected chi connectivity index (χ3v) is 3.28. The number of aromatic nitrogens is 1. The first-order valence-corrected chi connectivity index (χ1v) is 6.35. The summed E-state index contributed by atoms with van der Waals surface area (Å²) in [4.78, 5) is 4.03. The van der Waals surface area contributed by atoms with E-state index >= 15 is 0 Å². The maximum absolute atomic E-state index is 5.50. The summed E-state index contributed by atoms with van der Waals surface area (Å²) in [6.07, 6.45) is 3.62. The first-order chi connectivity index (χ1) is 9.34. The SMILES string of the molecule is C[C@@H](NCc1cccc2c1OCO2)c1ccncc1. The Balaban J connectivity index is 1.69. The van der Waals surface area contributed by atoms with Crippen LogP contribution >= 0.6 is 0 Å². The molecule has 1 atom stereocenters. The molecular formula is C15H16N2O2. The van der Waals surface area contributed by atoms with Crippen LogP contribution in [0.4, 0.5) is 0 Å². The Bertz CT molecular complexity index is 557. The molecule has 0 aliphatic carbocycles. The number of ether oxygens (including phenoxy) is 2. The number of hydrogen-bond donors (Lipinski definition) is 1. The predicted octanol–water partition coefficient (Wildman–Crippen LogP) is 2.66. The molecule has 0 bridgehead atoms. The number of fused-ring (bicyclic) bond motifs is 1. The largest absolute Gasteiger partial charge is 0.454 e. The lowest BCUT2D eigenvalue weighted by molar-refractivity contribution is 0.173. The number of pyridine rings is 1. The van der Waals surface area contributed by atoms with Crippen LogP contribution in [0.15, 0.2) is 42.7 Å². The first-order valence-electron chi connectivity index (χ1n) is 6.35. The van der Waals surface area contributed by atoms with E-state index < -0.39 is 0 Å². The number of para-hydroxylation sites is 1. The highest BCUT2D eigenvalue weighted by atomic mass is 16.7. The van der Waals surface area contributed by atoms with Crippen LogP contribution in [-0.4, -0.2) is 11.8 Å². The maximum Gasteiger partial charge on any atom is 0.231 e. The highest BCUT2D eigenvalue weighted by Gasteiger charge is 2.17. The van der Waals surface area contributed by atoms with Crippen molar-refractivity contribution in [1.29, 1.82) is 0 Å². The predicted molar refractivity (Wildman–Crippen MR) is 72.1 cm³/mol. The van der Waals surface area contributed by atoms with Gasteiger partial charge in [0.2, 0.25) is 6.79 Å². The van der Waals surface area contributed by atoms with Gasteiger partial charge in [0, 0.05) is 30.5 Å². The fourth-order valence-corrected chi connectivity index (χ4v) is 2.16. The van der Waals surface area contributed by atoms with E-state index in [0.717, 1.165) is 23.6 Å². The Morgan fingerprint density at radius 1 is 1.21 bits per heavy atom. The molecule has 4 nitrogen and oxygen atoms in total. The minimum Gasteiger partial charge on any atom is -0.454 e. The second kappa shape index (κ2) is 5.28. The Morgan fingerprint density at radius 3 is 2.89 bits per heavy atom. The molecule has 1 aliphatic rings. The normalized spacial score (nSPS) is 14.4. The van der Waals surface area contributed by atoms with Crippen LogP contribution in [0.1, 0.15) is 24.1 Å². The molecule has 0 saturated carbocycles. The molecule has 98 valence electrons. The zero-order valence-electron chi connectivity index (χ0n) is 10.8. The van der Waals surface area contributed by atoms with Crippen molar-refractivity contribution in [3.05, 3.63) is 53.9 Å². The van der Waals surface area contributed by atoms with E-state index in [1.165, 1.54) is 5.56 Å². The lowest BCUT2D eigenvalue weighted by atomic mass is 10.1. The molecule has 2 aromatic rings. The number of benzene rings is 1. The van der Waals surface area contributed by atoms with Crippen LogP contribution < -0.4 is 14.8 Å². The van der Waals surface area contributed by atoms with Gasteiger partial charge < -0.3 is 14.8 Å². The molecule has 1 aliphatic heterocycles. The Morgan fingerprint density at radius 2 is 2.05 bits per heavy atom. The number of hydrogen-bond acceptors (Lipinski definition) is 4. The molecule has 3 rings (SSSR count). The van der Waals surface area contributed by atoms with Crippen molar-refractivity contribution < 1.29 is 9.47 Å². The molecule has 0 radical (unpaired) electrons. The van der Waals surface area contributed by atoms with E-state index in [9.17, 15) is 0 Å². The Kier molecular flexibility index (Phi) is 3.33.